The molecule has 0 aromatic heterocycles. The first-order chi connectivity index (χ1) is 19.0. The van der Waals surface area contributed by atoms with Crippen LogP contribution >= 0.6 is 0 Å². The van der Waals surface area contributed by atoms with Crippen molar-refractivity contribution in [2.45, 2.75) is 135 Å². The van der Waals surface area contributed by atoms with Crippen LogP contribution in [0, 0.1) is 0 Å². The van der Waals surface area contributed by atoms with Gasteiger partial charge in [-0.15, -0.1) is 0 Å². The Labute approximate surface area is 253 Å². The molecule has 6 nitrogen and oxygen atoms in total. The predicted octanol–water partition coefficient (Wildman–Crippen LogP) is 8.68. The maximum absolute atomic E-state index is 13.8. The van der Waals surface area contributed by atoms with Gasteiger partial charge >= 0.3 is 6.09 Å². The first kappa shape index (κ1) is 35.7. The van der Waals surface area contributed by atoms with Crippen LogP contribution in [0.4, 0.5) is 4.79 Å². The molecular formula is C33H59NO5Si2. The minimum Gasteiger partial charge on any atom is -0.445 e. The summed E-state index contributed by atoms with van der Waals surface area (Å²) in [6.07, 6.45) is 5.70. The fourth-order valence-corrected chi connectivity index (χ4v) is 12.9. The number of ether oxygens (including phenoxy) is 1. The lowest BCUT2D eigenvalue weighted by Gasteiger charge is -2.48. The van der Waals surface area contributed by atoms with E-state index in [1.807, 2.05) is 36.4 Å². The molecule has 0 spiro atoms. The molecule has 1 aliphatic heterocycles. The molecule has 1 aromatic carbocycles. The number of carbonyl (C=O) groups is 1. The van der Waals surface area contributed by atoms with Crippen molar-refractivity contribution in [2.24, 2.45) is 0 Å². The van der Waals surface area contributed by atoms with Gasteiger partial charge in [-0.05, 0) is 59.6 Å². The molecule has 234 valence electrons. The highest BCUT2D eigenvalue weighted by Gasteiger charge is 2.47. The SMILES string of the molecule is CC(C)[Si](OCCC[C@@]1(CO)C=CC[C@H](CO[Si](C)(C)C(C)(C)C)N1C(=O)OCc1ccccc1)(C(C)C)C(C)C. The van der Waals surface area contributed by atoms with E-state index in [4.69, 9.17) is 13.6 Å². The summed E-state index contributed by atoms with van der Waals surface area (Å²) in [5.41, 5.74) is 1.58. The van der Waals surface area contributed by atoms with E-state index in [2.05, 4.69) is 81.5 Å². The van der Waals surface area contributed by atoms with Gasteiger partial charge in [0.05, 0.1) is 24.8 Å². The van der Waals surface area contributed by atoms with Crippen LogP contribution in [0.25, 0.3) is 0 Å². The molecule has 1 amide bonds. The summed E-state index contributed by atoms with van der Waals surface area (Å²) in [6, 6.07) is 9.51. The van der Waals surface area contributed by atoms with Crippen LogP contribution in [-0.2, 0) is 20.2 Å². The lowest BCUT2D eigenvalue weighted by molar-refractivity contribution is -0.00919. The number of nitrogens with zero attached hydrogens (tertiary/aromatic N) is 1. The van der Waals surface area contributed by atoms with Gasteiger partial charge in [-0.1, -0.05) is 105 Å². The van der Waals surface area contributed by atoms with E-state index >= 15 is 0 Å². The van der Waals surface area contributed by atoms with Crippen molar-refractivity contribution >= 4 is 22.7 Å². The zero-order valence-electron chi connectivity index (χ0n) is 27.8. The average molecular weight is 606 g/mol. The Balaban J connectivity index is 2.30. The molecule has 0 aliphatic carbocycles. The van der Waals surface area contributed by atoms with Crippen LogP contribution in [0.3, 0.4) is 0 Å². The number of aliphatic hydroxyl groups is 1. The van der Waals surface area contributed by atoms with Gasteiger partial charge in [0.1, 0.15) is 6.61 Å². The number of benzene rings is 1. The number of hydrogen-bond donors (Lipinski definition) is 1. The molecule has 0 fully saturated rings. The van der Waals surface area contributed by atoms with Crippen LogP contribution in [0.15, 0.2) is 42.5 Å². The van der Waals surface area contributed by atoms with Gasteiger partial charge in [0.25, 0.3) is 0 Å². The quantitative estimate of drug-likeness (QED) is 0.131. The molecule has 0 bridgehead atoms. The highest BCUT2D eigenvalue weighted by Crippen LogP contribution is 2.43. The monoisotopic (exact) mass is 605 g/mol. The summed E-state index contributed by atoms with van der Waals surface area (Å²) in [4.78, 5) is 15.6. The highest BCUT2D eigenvalue weighted by molar-refractivity contribution is 6.77. The first-order valence-electron chi connectivity index (χ1n) is 15.6. The molecule has 1 aliphatic rings. The smallest absolute Gasteiger partial charge is 0.411 e. The Hall–Kier alpha value is -1.46. The van der Waals surface area contributed by atoms with Crippen molar-refractivity contribution in [1.82, 2.24) is 4.90 Å². The van der Waals surface area contributed by atoms with Gasteiger partial charge in [-0.3, -0.25) is 4.90 Å². The topological polar surface area (TPSA) is 68.2 Å². The minimum atomic E-state index is -2.05. The summed E-state index contributed by atoms with van der Waals surface area (Å²) < 4.78 is 19.3. The maximum atomic E-state index is 13.8. The molecule has 1 heterocycles. The van der Waals surface area contributed by atoms with Gasteiger partial charge in [0.15, 0.2) is 16.6 Å². The summed E-state index contributed by atoms with van der Waals surface area (Å²) in [5.74, 6) is 0. The molecule has 8 heteroatoms. The van der Waals surface area contributed by atoms with Crippen LogP contribution in [0.5, 0.6) is 0 Å². The van der Waals surface area contributed by atoms with Crippen LogP contribution < -0.4 is 0 Å². The highest BCUT2D eigenvalue weighted by atomic mass is 28.4. The average Bonchev–Trinajstić information content (AvgIpc) is 2.89. The summed E-state index contributed by atoms with van der Waals surface area (Å²) in [5, 5.41) is 10.9. The first-order valence-corrected chi connectivity index (χ1v) is 20.7. The Bertz CT molecular complexity index is 952. The standard InChI is InChI=1S/C33H59NO5Si2/c1-26(2)41(27(3)4,28(5)6)38-22-16-21-33(25-35)20-15-19-30(24-39-40(10,11)32(7,8)9)34(33)31(36)37-23-29-17-13-12-14-18-29/h12-15,17-18,20,26-28,30,35H,16,19,21-25H2,1-11H3/t30-,33-/m1/s1. The Morgan fingerprint density at radius 2 is 1.61 bits per heavy atom. The van der Waals surface area contributed by atoms with Crippen molar-refractivity contribution < 1.29 is 23.5 Å². The lowest BCUT2D eigenvalue weighted by Crippen LogP contribution is -2.61. The minimum absolute atomic E-state index is 0.0567. The number of hydrogen-bond acceptors (Lipinski definition) is 5. The van der Waals surface area contributed by atoms with E-state index in [0.29, 0.717) is 42.7 Å². The van der Waals surface area contributed by atoms with Crippen LogP contribution in [0.1, 0.15) is 87.1 Å². The van der Waals surface area contributed by atoms with Crippen molar-refractivity contribution in [1.29, 1.82) is 0 Å². The van der Waals surface area contributed by atoms with E-state index < -0.39 is 28.3 Å². The zero-order valence-corrected chi connectivity index (χ0v) is 29.8. The third kappa shape index (κ3) is 8.56. The van der Waals surface area contributed by atoms with Crippen molar-refractivity contribution in [3.05, 3.63) is 48.0 Å². The van der Waals surface area contributed by atoms with E-state index in [1.54, 1.807) is 4.90 Å². The second-order valence-electron chi connectivity index (χ2n) is 14.3. The lowest BCUT2D eigenvalue weighted by atomic mass is 9.86. The second kappa shape index (κ2) is 14.8. The van der Waals surface area contributed by atoms with Gasteiger partial charge in [-0.25, -0.2) is 4.79 Å². The van der Waals surface area contributed by atoms with Crippen molar-refractivity contribution in [2.75, 3.05) is 19.8 Å². The molecular weight excluding hydrogens is 547 g/mol. The molecule has 0 radical (unpaired) electrons. The molecule has 0 saturated carbocycles. The molecule has 2 rings (SSSR count). The van der Waals surface area contributed by atoms with Crippen molar-refractivity contribution in [3.63, 3.8) is 0 Å². The Morgan fingerprint density at radius 3 is 2.12 bits per heavy atom. The Kier molecular flexibility index (Phi) is 12.9. The molecule has 2 atom stereocenters. The molecule has 1 N–H and O–H groups in total. The van der Waals surface area contributed by atoms with Gasteiger partial charge in [0, 0.05) is 6.61 Å². The van der Waals surface area contributed by atoms with E-state index in [-0.39, 0.29) is 24.3 Å². The van der Waals surface area contributed by atoms with E-state index in [0.717, 1.165) is 12.0 Å². The fourth-order valence-electron chi connectivity index (χ4n) is 6.32. The van der Waals surface area contributed by atoms with Gasteiger partial charge in [0.2, 0.25) is 0 Å². The van der Waals surface area contributed by atoms with Crippen LogP contribution in [0.2, 0.25) is 34.8 Å². The number of amides is 1. The van der Waals surface area contributed by atoms with E-state index in [9.17, 15) is 9.90 Å². The molecule has 0 saturated heterocycles. The number of rotatable bonds is 14. The van der Waals surface area contributed by atoms with Crippen LogP contribution in [-0.4, -0.2) is 64.1 Å². The summed E-state index contributed by atoms with van der Waals surface area (Å²) in [6.45, 7) is 25.9. The third-order valence-corrected chi connectivity index (χ3v) is 20.2. The number of carbonyl (C=O) groups excluding carboxylic acids is 1. The van der Waals surface area contributed by atoms with Gasteiger partial charge < -0.3 is 18.7 Å². The largest absolute Gasteiger partial charge is 0.445 e. The molecule has 0 unspecified atom stereocenters. The zero-order chi connectivity index (χ0) is 31.1. The fraction of sp³-hybridized carbons (Fsp3) is 0.727. The van der Waals surface area contributed by atoms with Gasteiger partial charge in [-0.2, -0.15) is 0 Å². The summed E-state index contributed by atoms with van der Waals surface area (Å²) in [7, 11) is -4.05. The Morgan fingerprint density at radius 1 is 1.02 bits per heavy atom. The summed E-state index contributed by atoms with van der Waals surface area (Å²) >= 11 is 0. The maximum Gasteiger partial charge on any atom is 0.411 e. The molecule has 1 aromatic rings. The second-order valence-corrected chi connectivity index (χ2v) is 24.6. The normalized spacial score (nSPS) is 20.4. The predicted molar refractivity (Wildman–Crippen MR) is 175 cm³/mol. The molecule has 41 heavy (non-hydrogen) atoms. The third-order valence-electron chi connectivity index (χ3n) is 9.61. The number of aliphatic hydroxyl groups excluding tert-OH is 1. The van der Waals surface area contributed by atoms with Crippen molar-refractivity contribution in [3.8, 4) is 0 Å². The van der Waals surface area contributed by atoms with E-state index in [1.165, 1.54) is 0 Å².